The second-order valence-electron chi connectivity index (χ2n) is 5.31. The second-order valence-corrected chi connectivity index (χ2v) is 6.49. The Morgan fingerprint density at radius 1 is 1.29 bits per heavy atom. The highest BCUT2D eigenvalue weighted by molar-refractivity contribution is 7.98. The van der Waals surface area contributed by atoms with Crippen LogP contribution in [0.15, 0.2) is 29.4 Å². The summed E-state index contributed by atoms with van der Waals surface area (Å²) in [5.74, 6) is -0.892. The minimum Gasteiger partial charge on any atom is -0.466 e. The maximum Gasteiger partial charge on any atom is 0.349 e. The Morgan fingerprint density at radius 2 is 2.00 bits per heavy atom. The summed E-state index contributed by atoms with van der Waals surface area (Å²) in [5, 5.41) is 0.458. The lowest BCUT2D eigenvalue weighted by Gasteiger charge is -2.23. The van der Waals surface area contributed by atoms with Gasteiger partial charge >= 0.3 is 5.97 Å². The zero-order valence-electron chi connectivity index (χ0n) is 13.6. The summed E-state index contributed by atoms with van der Waals surface area (Å²) >= 11 is 7.01. The maximum atomic E-state index is 13.7. The lowest BCUT2D eigenvalue weighted by molar-refractivity contribution is -0.156. The molecular formula is C16H16ClFN2O3S. The zero-order chi connectivity index (χ0) is 17.9. The quantitative estimate of drug-likeness (QED) is 0.450. The number of thioether (sulfide) groups is 1. The number of hydrogen-bond donors (Lipinski definition) is 0. The van der Waals surface area contributed by atoms with Crippen molar-refractivity contribution in [3.63, 3.8) is 0 Å². The van der Waals surface area contributed by atoms with Gasteiger partial charge in [0, 0.05) is 11.6 Å². The number of halogens is 2. The number of hydrogen-bond acceptors (Lipinski definition) is 6. The number of methoxy groups -OCH3 is 1. The van der Waals surface area contributed by atoms with Gasteiger partial charge < -0.3 is 9.47 Å². The molecule has 8 heteroatoms. The molecule has 0 N–H and O–H groups in total. The molecule has 0 radical (unpaired) electrons. The van der Waals surface area contributed by atoms with Crippen molar-refractivity contribution < 1.29 is 18.7 Å². The standard InChI is InChI=1S/C16H16ClFN2O3S/c1-16(2,14(21)22-3)23-13-8-12(19-15(20-13)24-4)9-5-6-10(17)11(18)7-9/h5-8H,1-4H3. The number of carbonyl (C=O) groups excluding carboxylic acids is 1. The molecule has 1 aromatic carbocycles. The van der Waals surface area contributed by atoms with Crippen LogP contribution in [0.2, 0.25) is 5.02 Å². The first-order valence-corrected chi connectivity index (χ1v) is 8.53. The molecule has 0 saturated heterocycles. The van der Waals surface area contributed by atoms with Gasteiger partial charge in [0.15, 0.2) is 5.16 Å². The number of esters is 1. The molecule has 5 nitrogen and oxygen atoms in total. The van der Waals surface area contributed by atoms with Crippen LogP contribution in [0.1, 0.15) is 13.8 Å². The lowest BCUT2D eigenvalue weighted by Crippen LogP contribution is -2.39. The SMILES string of the molecule is COC(=O)C(C)(C)Oc1cc(-c2ccc(Cl)c(F)c2)nc(SC)n1. The molecule has 2 rings (SSSR count). The summed E-state index contributed by atoms with van der Waals surface area (Å²) in [5.41, 5.74) is -0.239. The van der Waals surface area contributed by atoms with Crippen LogP contribution in [-0.4, -0.2) is 34.9 Å². The molecular weight excluding hydrogens is 355 g/mol. The summed E-state index contributed by atoms with van der Waals surface area (Å²) in [4.78, 5) is 20.3. The molecule has 0 unspecified atom stereocenters. The Balaban J connectivity index is 2.44. The van der Waals surface area contributed by atoms with Gasteiger partial charge in [0.25, 0.3) is 0 Å². The fraction of sp³-hybridized carbons (Fsp3) is 0.312. The Bertz CT molecular complexity index is 771. The van der Waals surface area contributed by atoms with E-state index < -0.39 is 17.4 Å². The first-order valence-electron chi connectivity index (χ1n) is 6.92. The van der Waals surface area contributed by atoms with E-state index in [0.29, 0.717) is 16.4 Å². The highest BCUT2D eigenvalue weighted by Crippen LogP contribution is 2.28. The Labute approximate surface area is 148 Å². The van der Waals surface area contributed by atoms with Crippen LogP contribution >= 0.6 is 23.4 Å². The smallest absolute Gasteiger partial charge is 0.349 e. The van der Waals surface area contributed by atoms with Crippen molar-refractivity contribution in [2.75, 3.05) is 13.4 Å². The van der Waals surface area contributed by atoms with E-state index in [0.717, 1.165) is 0 Å². The zero-order valence-corrected chi connectivity index (χ0v) is 15.2. The van der Waals surface area contributed by atoms with Crippen molar-refractivity contribution in [2.45, 2.75) is 24.6 Å². The van der Waals surface area contributed by atoms with Crippen molar-refractivity contribution in [1.82, 2.24) is 9.97 Å². The van der Waals surface area contributed by atoms with E-state index in [9.17, 15) is 9.18 Å². The molecule has 0 aliphatic rings. The fourth-order valence-electron chi connectivity index (χ4n) is 1.90. The molecule has 0 saturated carbocycles. The molecule has 1 heterocycles. The van der Waals surface area contributed by atoms with E-state index in [1.165, 1.54) is 37.1 Å². The van der Waals surface area contributed by atoms with Crippen LogP contribution in [0.4, 0.5) is 4.39 Å². The van der Waals surface area contributed by atoms with Crippen LogP contribution in [0.3, 0.4) is 0 Å². The molecule has 0 aliphatic heterocycles. The molecule has 24 heavy (non-hydrogen) atoms. The molecule has 0 spiro atoms. The first-order chi connectivity index (χ1) is 11.3. The second kappa shape index (κ2) is 7.36. The van der Waals surface area contributed by atoms with Crippen molar-refractivity contribution in [3.8, 4) is 17.1 Å². The number of rotatable bonds is 5. The van der Waals surface area contributed by atoms with Crippen molar-refractivity contribution >= 4 is 29.3 Å². The van der Waals surface area contributed by atoms with Gasteiger partial charge in [-0.3, -0.25) is 0 Å². The molecule has 128 valence electrons. The monoisotopic (exact) mass is 370 g/mol. The molecule has 0 amide bonds. The molecule has 0 atom stereocenters. The highest BCUT2D eigenvalue weighted by atomic mass is 35.5. The largest absolute Gasteiger partial charge is 0.466 e. The summed E-state index contributed by atoms with van der Waals surface area (Å²) in [7, 11) is 1.28. The lowest BCUT2D eigenvalue weighted by atomic mass is 10.1. The van der Waals surface area contributed by atoms with Gasteiger partial charge in [-0.15, -0.1) is 0 Å². The topological polar surface area (TPSA) is 61.3 Å². The predicted molar refractivity (Wildman–Crippen MR) is 90.9 cm³/mol. The Morgan fingerprint density at radius 3 is 2.58 bits per heavy atom. The van der Waals surface area contributed by atoms with Gasteiger partial charge in [-0.2, -0.15) is 4.98 Å². The van der Waals surface area contributed by atoms with E-state index >= 15 is 0 Å². The molecule has 0 fully saturated rings. The molecule has 2 aromatic rings. The molecule has 0 aliphatic carbocycles. The minimum atomic E-state index is -1.22. The highest BCUT2D eigenvalue weighted by Gasteiger charge is 2.32. The number of carbonyl (C=O) groups is 1. The van der Waals surface area contributed by atoms with Gasteiger partial charge in [-0.1, -0.05) is 29.4 Å². The minimum absolute atomic E-state index is 0.0289. The fourth-order valence-corrected chi connectivity index (χ4v) is 2.39. The molecule has 1 aromatic heterocycles. The van der Waals surface area contributed by atoms with Crippen molar-refractivity contribution in [2.24, 2.45) is 0 Å². The van der Waals surface area contributed by atoms with Crippen LogP contribution < -0.4 is 4.74 Å². The van der Waals surface area contributed by atoms with Crippen LogP contribution in [0.25, 0.3) is 11.3 Å². The van der Waals surface area contributed by atoms with Crippen molar-refractivity contribution in [1.29, 1.82) is 0 Å². The van der Waals surface area contributed by atoms with Gasteiger partial charge in [0.05, 0.1) is 17.8 Å². The first kappa shape index (κ1) is 18.5. The van der Waals surface area contributed by atoms with E-state index in [-0.39, 0.29) is 10.9 Å². The van der Waals surface area contributed by atoms with Gasteiger partial charge in [-0.05, 0) is 32.2 Å². The van der Waals surface area contributed by atoms with Crippen molar-refractivity contribution in [3.05, 3.63) is 35.1 Å². The summed E-state index contributed by atoms with van der Waals surface area (Å²) < 4.78 is 24.1. The Hall–Kier alpha value is -1.86. The van der Waals surface area contributed by atoms with E-state index in [1.54, 1.807) is 26.2 Å². The average molecular weight is 371 g/mol. The third-order valence-corrected chi connectivity index (χ3v) is 3.97. The van der Waals surface area contributed by atoms with Crippen LogP contribution in [-0.2, 0) is 9.53 Å². The number of nitrogens with zero attached hydrogens (tertiary/aromatic N) is 2. The van der Waals surface area contributed by atoms with E-state index in [2.05, 4.69) is 9.97 Å². The normalized spacial score (nSPS) is 11.2. The summed E-state index contributed by atoms with van der Waals surface area (Å²) in [6.07, 6.45) is 1.80. The number of benzene rings is 1. The van der Waals surface area contributed by atoms with Crippen LogP contribution in [0.5, 0.6) is 5.88 Å². The third-order valence-electron chi connectivity index (χ3n) is 3.12. The average Bonchev–Trinajstić information content (AvgIpc) is 2.55. The summed E-state index contributed by atoms with van der Waals surface area (Å²) in [6, 6.07) is 5.91. The van der Waals surface area contributed by atoms with Gasteiger partial charge in [-0.25, -0.2) is 14.2 Å². The summed E-state index contributed by atoms with van der Waals surface area (Å²) in [6.45, 7) is 3.14. The number of aromatic nitrogens is 2. The van der Waals surface area contributed by atoms with Gasteiger partial charge in [0.1, 0.15) is 5.82 Å². The third kappa shape index (κ3) is 4.15. The Kier molecular flexibility index (Phi) is 5.66. The number of ether oxygens (including phenoxy) is 2. The predicted octanol–water partition coefficient (Wildman–Crippen LogP) is 3.99. The maximum absolute atomic E-state index is 13.7. The van der Waals surface area contributed by atoms with E-state index in [1.807, 2.05) is 0 Å². The molecule has 0 bridgehead atoms. The van der Waals surface area contributed by atoms with Crippen LogP contribution in [0, 0.1) is 5.82 Å². The van der Waals surface area contributed by atoms with E-state index in [4.69, 9.17) is 21.1 Å². The van der Waals surface area contributed by atoms with Gasteiger partial charge in [0.2, 0.25) is 11.5 Å².